The monoisotopic (exact) mass is 236 g/mol. The molecular weight excluding hydrogens is 216 g/mol. The molecule has 0 amide bonds. The minimum absolute atomic E-state index is 0.396. The maximum absolute atomic E-state index is 11.0. The summed E-state index contributed by atoms with van der Waals surface area (Å²) in [7, 11) is 3.92. The number of nitrogens with zero attached hydrogens (tertiary/aromatic N) is 1. The minimum atomic E-state index is -0.799. The highest BCUT2D eigenvalue weighted by Crippen LogP contribution is 2.25. The van der Waals surface area contributed by atoms with Crippen LogP contribution in [-0.4, -0.2) is 31.7 Å². The van der Waals surface area contributed by atoms with E-state index >= 15 is 0 Å². The second-order valence-electron chi connectivity index (χ2n) is 4.95. The van der Waals surface area contributed by atoms with Crippen LogP contribution in [0.15, 0.2) is 24.3 Å². The number of carboxylic acids is 1. The van der Waals surface area contributed by atoms with Gasteiger partial charge in [-0.25, -0.2) is 0 Å². The van der Waals surface area contributed by atoms with E-state index in [9.17, 15) is 4.79 Å². The molecule has 0 fully saturated rings. The van der Waals surface area contributed by atoms with E-state index in [0.717, 1.165) is 11.4 Å². The largest absolute Gasteiger partial charge is 0.481 e. The smallest absolute Gasteiger partial charge is 0.310 e. The first-order valence-electron chi connectivity index (χ1n) is 5.58. The quantitative estimate of drug-likeness (QED) is 0.823. The second-order valence-corrected chi connectivity index (χ2v) is 4.95. The Hall–Kier alpha value is -1.71. The van der Waals surface area contributed by atoms with Crippen LogP contribution >= 0.6 is 0 Å². The normalized spacial score (nSPS) is 11.1. The van der Waals surface area contributed by atoms with E-state index in [0.29, 0.717) is 6.54 Å². The van der Waals surface area contributed by atoms with E-state index in [-0.39, 0.29) is 0 Å². The van der Waals surface area contributed by atoms with Gasteiger partial charge in [0.05, 0.1) is 16.8 Å². The molecule has 1 aromatic carbocycles. The molecule has 4 heteroatoms. The molecule has 0 radical (unpaired) electrons. The van der Waals surface area contributed by atoms with Crippen molar-refractivity contribution in [2.45, 2.75) is 13.8 Å². The highest BCUT2D eigenvalue weighted by molar-refractivity contribution is 5.75. The number of benzene rings is 1. The third-order valence-corrected chi connectivity index (χ3v) is 2.69. The molecule has 0 saturated carbocycles. The summed E-state index contributed by atoms with van der Waals surface area (Å²) in [4.78, 5) is 13.0. The number of aliphatic carboxylic acids is 1. The van der Waals surface area contributed by atoms with Gasteiger partial charge in [-0.15, -0.1) is 0 Å². The molecule has 0 aliphatic carbocycles. The summed E-state index contributed by atoms with van der Waals surface area (Å²) in [5.74, 6) is -0.799. The first-order valence-corrected chi connectivity index (χ1v) is 5.58. The van der Waals surface area contributed by atoms with E-state index in [4.69, 9.17) is 5.11 Å². The molecule has 0 saturated heterocycles. The van der Waals surface area contributed by atoms with Crippen LogP contribution in [0.3, 0.4) is 0 Å². The predicted octanol–water partition coefficient (Wildman–Crippen LogP) is 2.28. The van der Waals surface area contributed by atoms with E-state index < -0.39 is 11.4 Å². The number of hydrogen-bond donors (Lipinski definition) is 2. The van der Waals surface area contributed by atoms with Crippen LogP contribution in [0.4, 0.5) is 11.4 Å². The van der Waals surface area contributed by atoms with E-state index in [2.05, 4.69) is 5.32 Å². The molecule has 1 rings (SSSR count). The van der Waals surface area contributed by atoms with Crippen molar-refractivity contribution in [3.63, 3.8) is 0 Å². The molecule has 0 atom stereocenters. The van der Waals surface area contributed by atoms with Crippen LogP contribution in [0.25, 0.3) is 0 Å². The third-order valence-electron chi connectivity index (χ3n) is 2.69. The fourth-order valence-corrected chi connectivity index (χ4v) is 1.40. The predicted molar refractivity (Wildman–Crippen MR) is 70.7 cm³/mol. The number of hydrogen-bond acceptors (Lipinski definition) is 3. The summed E-state index contributed by atoms with van der Waals surface area (Å²) in [5, 5.41) is 12.2. The summed E-state index contributed by atoms with van der Waals surface area (Å²) in [6.07, 6.45) is 0. The molecule has 2 N–H and O–H groups in total. The standard InChI is InChI=1S/C13H20N2O2/c1-13(2,12(16)17)9-14-10-7-5-6-8-11(10)15(3)4/h5-8,14H,9H2,1-4H3,(H,16,17). The number of rotatable bonds is 5. The highest BCUT2D eigenvalue weighted by atomic mass is 16.4. The molecule has 0 unspecified atom stereocenters. The van der Waals surface area contributed by atoms with Gasteiger partial charge in [-0.05, 0) is 26.0 Å². The van der Waals surface area contributed by atoms with Gasteiger partial charge in [0, 0.05) is 20.6 Å². The molecule has 17 heavy (non-hydrogen) atoms. The molecule has 0 spiro atoms. The zero-order valence-corrected chi connectivity index (χ0v) is 10.8. The molecule has 0 bridgehead atoms. The van der Waals surface area contributed by atoms with E-state index in [1.54, 1.807) is 13.8 Å². The van der Waals surface area contributed by atoms with Crippen LogP contribution in [0.2, 0.25) is 0 Å². The summed E-state index contributed by atoms with van der Waals surface area (Å²) in [6.45, 7) is 3.81. The van der Waals surface area contributed by atoms with Crippen molar-refractivity contribution in [2.24, 2.45) is 5.41 Å². The highest BCUT2D eigenvalue weighted by Gasteiger charge is 2.26. The van der Waals surface area contributed by atoms with Gasteiger partial charge in [-0.1, -0.05) is 12.1 Å². The van der Waals surface area contributed by atoms with Gasteiger partial charge in [0.25, 0.3) is 0 Å². The summed E-state index contributed by atoms with van der Waals surface area (Å²) >= 11 is 0. The number of carboxylic acid groups (broad SMARTS) is 1. The van der Waals surface area contributed by atoms with Crippen molar-refractivity contribution in [1.29, 1.82) is 0 Å². The molecule has 0 aliphatic heterocycles. The molecular formula is C13H20N2O2. The molecule has 0 aliphatic rings. The molecule has 0 aromatic heterocycles. The molecule has 0 heterocycles. The SMILES string of the molecule is CN(C)c1ccccc1NCC(C)(C)C(=O)O. The van der Waals surface area contributed by atoms with Gasteiger partial charge in [-0.2, -0.15) is 0 Å². The van der Waals surface area contributed by atoms with Crippen LogP contribution in [0.5, 0.6) is 0 Å². The minimum Gasteiger partial charge on any atom is -0.481 e. The summed E-state index contributed by atoms with van der Waals surface area (Å²) < 4.78 is 0. The van der Waals surface area contributed by atoms with E-state index in [1.165, 1.54) is 0 Å². The van der Waals surface area contributed by atoms with Gasteiger partial charge < -0.3 is 15.3 Å². The zero-order valence-electron chi connectivity index (χ0n) is 10.8. The van der Waals surface area contributed by atoms with Crippen molar-refractivity contribution in [2.75, 3.05) is 30.9 Å². The van der Waals surface area contributed by atoms with Crippen molar-refractivity contribution in [3.05, 3.63) is 24.3 Å². The third kappa shape index (κ3) is 3.37. The van der Waals surface area contributed by atoms with Crippen molar-refractivity contribution >= 4 is 17.3 Å². The Morgan fingerprint density at radius 2 is 1.94 bits per heavy atom. The second kappa shape index (κ2) is 5.08. The van der Waals surface area contributed by atoms with Gasteiger partial charge in [0.2, 0.25) is 0 Å². The van der Waals surface area contributed by atoms with Crippen LogP contribution in [0.1, 0.15) is 13.8 Å². The molecule has 1 aromatic rings. The van der Waals surface area contributed by atoms with E-state index in [1.807, 2.05) is 43.3 Å². The van der Waals surface area contributed by atoms with Crippen molar-refractivity contribution in [3.8, 4) is 0 Å². The lowest BCUT2D eigenvalue weighted by Gasteiger charge is -2.23. The Bertz CT molecular complexity index is 400. The Morgan fingerprint density at radius 1 is 1.35 bits per heavy atom. The first kappa shape index (κ1) is 13.4. The van der Waals surface area contributed by atoms with Crippen LogP contribution < -0.4 is 10.2 Å². The maximum Gasteiger partial charge on any atom is 0.310 e. The lowest BCUT2D eigenvalue weighted by Crippen LogP contribution is -2.32. The number of para-hydroxylation sites is 2. The van der Waals surface area contributed by atoms with Crippen LogP contribution in [0, 0.1) is 5.41 Å². The Labute approximate surface area is 102 Å². The Morgan fingerprint density at radius 3 is 2.47 bits per heavy atom. The molecule has 94 valence electrons. The fourth-order valence-electron chi connectivity index (χ4n) is 1.40. The lowest BCUT2D eigenvalue weighted by atomic mass is 9.94. The van der Waals surface area contributed by atoms with Crippen molar-refractivity contribution < 1.29 is 9.90 Å². The van der Waals surface area contributed by atoms with Gasteiger partial charge in [0.1, 0.15) is 0 Å². The average molecular weight is 236 g/mol. The number of nitrogens with one attached hydrogen (secondary N) is 1. The molecule has 4 nitrogen and oxygen atoms in total. The van der Waals surface area contributed by atoms with Gasteiger partial charge >= 0.3 is 5.97 Å². The summed E-state index contributed by atoms with van der Waals surface area (Å²) in [6, 6.07) is 7.84. The topological polar surface area (TPSA) is 52.6 Å². The first-order chi connectivity index (χ1) is 7.84. The maximum atomic E-state index is 11.0. The summed E-state index contributed by atoms with van der Waals surface area (Å²) in [5.41, 5.74) is 1.22. The van der Waals surface area contributed by atoms with Crippen molar-refractivity contribution in [1.82, 2.24) is 0 Å². The number of anilines is 2. The number of carbonyl (C=O) groups is 1. The Kier molecular flexibility index (Phi) is 3.99. The Balaban J connectivity index is 2.79. The van der Waals surface area contributed by atoms with Gasteiger partial charge in [-0.3, -0.25) is 4.79 Å². The van der Waals surface area contributed by atoms with Gasteiger partial charge in [0.15, 0.2) is 0 Å². The zero-order chi connectivity index (χ0) is 13.1. The fraction of sp³-hybridized carbons (Fsp3) is 0.462. The van der Waals surface area contributed by atoms with Crippen LogP contribution in [-0.2, 0) is 4.79 Å². The average Bonchev–Trinajstić information content (AvgIpc) is 2.26. The lowest BCUT2D eigenvalue weighted by molar-refractivity contribution is -0.146.